The van der Waals surface area contributed by atoms with Crippen LogP contribution in [-0.2, 0) is 15.3 Å². The second-order valence-electron chi connectivity index (χ2n) is 6.13. The summed E-state index contributed by atoms with van der Waals surface area (Å²) in [6.07, 6.45) is 4.17. The minimum Gasteiger partial charge on any atom is -0.356 e. The lowest BCUT2D eigenvalue weighted by Gasteiger charge is -2.19. The van der Waals surface area contributed by atoms with Crippen LogP contribution in [0, 0.1) is 0 Å². The van der Waals surface area contributed by atoms with Crippen LogP contribution in [0.3, 0.4) is 0 Å². The molecule has 0 spiro atoms. The maximum atomic E-state index is 11.1. The number of nitrogens with zero attached hydrogens (tertiary/aromatic N) is 1. The van der Waals surface area contributed by atoms with E-state index in [0.717, 1.165) is 17.0 Å². The van der Waals surface area contributed by atoms with Crippen LogP contribution < -0.4 is 10.6 Å². The minimum atomic E-state index is -2.90. The number of hydrogen-bond acceptors (Lipinski definition) is 3. The first-order valence-corrected chi connectivity index (χ1v) is 10.6. The summed E-state index contributed by atoms with van der Waals surface area (Å²) in [5.41, 5.74) is 1.53. The molecule has 0 aliphatic heterocycles. The van der Waals surface area contributed by atoms with Gasteiger partial charge in [0.2, 0.25) is 0 Å². The fourth-order valence-corrected chi connectivity index (χ4v) is 3.62. The van der Waals surface area contributed by atoms with Gasteiger partial charge in [0.05, 0.1) is 5.75 Å². The summed E-state index contributed by atoms with van der Waals surface area (Å²) in [7, 11) is -1.17. The van der Waals surface area contributed by atoms with Gasteiger partial charge in [-0.05, 0) is 37.0 Å². The molecule has 1 aromatic carbocycles. The van der Waals surface area contributed by atoms with Gasteiger partial charge < -0.3 is 10.6 Å². The monoisotopic (exact) mass is 529 g/mol. The van der Waals surface area contributed by atoms with Crippen molar-refractivity contribution in [3.8, 4) is 0 Å². The summed E-state index contributed by atoms with van der Waals surface area (Å²) < 4.78 is 23.3. The lowest BCUT2D eigenvalue weighted by molar-refractivity contribution is 0.597. The maximum Gasteiger partial charge on any atom is 0.191 e. The van der Waals surface area contributed by atoms with Crippen molar-refractivity contribution >= 4 is 55.7 Å². The van der Waals surface area contributed by atoms with Gasteiger partial charge in [-0.2, -0.15) is 0 Å². The molecule has 1 fully saturated rings. The van der Waals surface area contributed by atoms with Crippen molar-refractivity contribution in [2.24, 2.45) is 4.99 Å². The summed E-state index contributed by atoms with van der Waals surface area (Å²) in [6.45, 7) is 1.42. The molecule has 0 saturated heterocycles. The second-order valence-corrected chi connectivity index (χ2v) is 9.30. The van der Waals surface area contributed by atoms with Crippen molar-refractivity contribution in [1.29, 1.82) is 0 Å². The van der Waals surface area contributed by atoms with E-state index in [0.29, 0.717) is 13.0 Å². The number of hydrogen-bond donors (Lipinski definition) is 2. The summed E-state index contributed by atoms with van der Waals surface area (Å²) in [4.78, 5) is 4.20. The molecule has 0 bridgehead atoms. The molecular formula is C16H25BrIN3O2S. The van der Waals surface area contributed by atoms with Gasteiger partial charge in [-0.25, -0.2) is 8.42 Å². The quantitative estimate of drug-likeness (QED) is 0.246. The Morgan fingerprint density at radius 3 is 2.58 bits per heavy atom. The summed E-state index contributed by atoms with van der Waals surface area (Å²) >= 11 is 3.53. The van der Waals surface area contributed by atoms with Crippen LogP contribution >= 0.6 is 39.9 Å². The molecule has 1 aliphatic rings. The smallest absolute Gasteiger partial charge is 0.191 e. The fourth-order valence-electron chi connectivity index (χ4n) is 2.55. The predicted molar refractivity (Wildman–Crippen MR) is 114 cm³/mol. The number of nitrogens with one attached hydrogen (secondary N) is 2. The Morgan fingerprint density at radius 1 is 1.33 bits per heavy atom. The Balaban J connectivity index is 0.00000288. The van der Waals surface area contributed by atoms with E-state index in [4.69, 9.17) is 0 Å². The van der Waals surface area contributed by atoms with E-state index in [1.807, 2.05) is 6.07 Å². The van der Waals surface area contributed by atoms with Crippen molar-refractivity contribution in [1.82, 2.24) is 10.6 Å². The van der Waals surface area contributed by atoms with Crippen LogP contribution in [0.5, 0.6) is 0 Å². The highest BCUT2D eigenvalue weighted by atomic mass is 127. The maximum absolute atomic E-state index is 11.1. The van der Waals surface area contributed by atoms with Gasteiger partial charge in [-0.1, -0.05) is 28.1 Å². The highest BCUT2D eigenvalue weighted by Crippen LogP contribution is 2.48. The minimum absolute atomic E-state index is 0. The average Bonchev–Trinajstić information content (AvgIpc) is 3.27. The normalized spacial score (nSPS) is 16.2. The van der Waals surface area contributed by atoms with Gasteiger partial charge in [0.15, 0.2) is 5.96 Å². The van der Waals surface area contributed by atoms with E-state index < -0.39 is 9.84 Å². The molecule has 24 heavy (non-hydrogen) atoms. The Kier molecular flexibility index (Phi) is 8.47. The van der Waals surface area contributed by atoms with E-state index in [1.54, 1.807) is 7.05 Å². The third kappa shape index (κ3) is 6.87. The van der Waals surface area contributed by atoms with Crippen molar-refractivity contribution in [3.05, 3.63) is 34.3 Å². The van der Waals surface area contributed by atoms with Crippen molar-refractivity contribution in [3.63, 3.8) is 0 Å². The first kappa shape index (κ1) is 21.7. The number of sulfone groups is 1. The molecule has 0 atom stereocenters. The molecule has 0 aromatic heterocycles. The number of halogens is 2. The van der Waals surface area contributed by atoms with Crippen LogP contribution in [0.2, 0.25) is 0 Å². The molecule has 2 rings (SSSR count). The number of rotatable bonds is 7. The Bertz CT molecular complexity index is 676. The van der Waals surface area contributed by atoms with Gasteiger partial charge in [-0.15, -0.1) is 24.0 Å². The van der Waals surface area contributed by atoms with Crippen molar-refractivity contribution in [2.75, 3.05) is 32.1 Å². The van der Waals surface area contributed by atoms with Gasteiger partial charge in [0, 0.05) is 36.3 Å². The van der Waals surface area contributed by atoms with E-state index >= 15 is 0 Å². The number of guanidine groups is 1. The highest BCUT2D eigenvalue weighted by Gasteiger charge is 2.44. The zero-order valence-electron chi connectivity index (χ0n) is 14.0. The molecule has 136 valence electrons. The lowest BCUT2D eigenvalue weighted by Crippen LogP contribution is -2.41. The molecule has 1 saturated carbocycles. The first-order chi connectivity index (χ1) is 10.8. The van der Waals surface area contributed by atoms with Gasteiger partial charge in [-0.3, -0.25) is 4.99 Å². The Labute approximate surface area is 170 Å². The molecule has 1 aromatic rings. The average molecular weight is 530 g/mol. The number of aliphatic imine (C=N–C) groups is 1. The SMILES string of the molecule is CN=C(NCCCS(C)(=O)=O)NCC1(c2cccc(Br)c2)CC1.I. The Hall–Kier alpha value is -0.350. The summed E-state index contributed by atoms with van der Waals surface area (Å²) in [6, 6.07) is 8.45. The fraction of sp³-hybridized carbons (Fsp3) is 0.562. The molecular weight excluding hydrogens is 505 g/mol. The van der Waals surface area contributed by atoms with E-state index in [-0.39, 0.29) is 35.1 Å². The third-order valence-electron chi connectivity index (χ3n) is 4.09. The van der Waals surface area contributed by atoms with Crippen LogP contribution in [0.25, 0.3) is 0 Å². The largest absolute Gasteiger partial charge is 0.356 e. The molecule has 8 heteroatoms. The van der Waals surface area contributed by atoms with Gasteiger partial charge in [0.1, 0.15) is 9.84 Å². The first-order valence-electron chi connectivity index (χ1n) is 7.73. The highest BCUT2D eigenvalue weighted by molar-refractivity contribution is 14.0. The molecule has 5 nitrogen and oxygen atoms in total. The topological polar surface area (TPSA) is 70.6 Å². The summed E-state index contributed by atoms with van der Waals surface area (Å²) in [5, 5.41) is 6.53. The lowest BCUT2D eigenvalue weighted by atomic mass is 9.96. The number of benzene rings is 1. The van der Waals surface area contributed by atoms with Crippen LogP contribution in [0.1, 0.15) is 24.8 Å². The van der Waals surface area contributed by atoms with Crippen LogP contribution in [0.15, 0.2) is 33.7 Å². The zero-order valence-corrected chi connectivity index (χ0v) is 18.7. The molecule has 0 radical (unpaired) electrons. The molecule has 0 amide bonds. The van der Waals surface area contributed by atoms with Crippen LogP contribution in [0.4, 0.5) is 0 Å². The van der Waals surface area contributed by atoms with E-state index in [2.05, 4.69) is 49.8 Å². The van der Waals surface area contributed by atoms with Crippen LogP contribution in [-0.4, -0.2) is 46.5 Å². The molecule has 1 aliphatic carbocycles. The van der Waals surface area contributed by atoms with E-state index in [1.165, 1.54) is 24.7 Å². The third-order valence-corrected chi connectivity index (χ3v) is 5.62. The Morgan fingerprint density at radius 2 is 2.04 bits per heavy atom. The molecule has 0 heterocycles. The molecule has 2 N–H and O–H groups in total. The van der Waals surface area contributed by atoms with Crippen molar-refractivity contribution in [2.45, 2.75) is 24.7 Å². The van der Waals surface area contributed by atoms with Crippen molar-refractivity contribution < 1.29 is 8.42 Å². The predicted octanol–water partition coefficient (Wildman–Crippen LogP) is 2.70. The van der Waals surface area contributed by atoms with Gasteiger partial charge in [0.25, 0.3) is 0 Å². The standard InChI is InChI=1S/C16H24BrN3O2S.HI/c1-18-15(19-9-4-10-23(2,21)22)20-12-16(7-8-16)13-5-3-6-14(17)11-13;/h3,5-6,11H,4,7-10,12H2,1-2H3,(H2,18,19,20);1H. The zero-order chi connectivity index (χ0) is 16.9. The van der Waals surface area contributed by atoms with E-state index in [9.17, 15) is 8.42 Å². The second kappa shape index (κ2) is 9.38. The summed E-state index contributed by atoms with van der Waals surface area (Å²) in [5.74, 6) is 0.915. The molecule has 0 unspecified atom stereocenters. The van der Waals surface area contributed by atoms with Gasteiger partial charge >= 0.3 is 0 Å².